The molecule has 0 radical (unpaired) electrons. The van der Waals surface area contributed by atoms with Gasteiger partial charge in [0, 0.05) is 44.2 Å². The summed E-state index contributed by atoms with van der Waals surface area (Å²) < 4.78 is 34.8. The third kappa shape index (κ3) is 7.73. The van der Waals surface area contributed by atoms with E-state index in [4.69, 9.17) is 33.5 Å². The van der Waals surface area contributed by atoms with Crippen LogP contribution in [0.5, 0.6) is 11.5 Å². The molecule has 0 bridgehead atoms. The van der Waals surface area contributed by atoms with Crippen LogP contribution in [0.15, 0.2) is 30.0 Å². The number of aliphatic hydroxyl groups excluding tert-OH is 1. The molecule has 41 heavy (non-hydrogen) atoms. The Bertz CT molecular complexity index is 1010. The normalized spacial score (nSPS) is 25.2. The van der Waals surface area contributed by atoms with Crippen LogP contribution >= 0.6 is 0 Å². The topological polar surface area (TPSA) is 99.2 Å². The average Bonchev–Trinajstić information content (AvgIpc) is 3.49. The molecule has 0 aliphatic carbocycles. The number of hydrogen-bond acceptors (Lipinski definition) is 9. The van der Waals surface area contributed by atoms with Crippen LogP contribution in [0.4, 0.5) is 0 Å². The van der Waals surface area contributed by atoms with E-state index >= 15 is 0 Å². The fraction of sp³-hybridized carbons (Fsp3) is 0.710. The minimum atomic E-state index is -0.584. The van der Waals surface area contributed by atoms with E-state index in [1.807, 2.05) is 36.1 Å². The molecule has 0 aromatic heterocycles. The predicted octanol–water partition coefficient (Wildman–Crippen LogP) is 3.28. The van der Waals surface area contributed by atoms with Crippen molar-refractivity contribution in [3.8, 4) is 11.5 Å². The van der Waals surface area contributed by atoms with Crippen LogP contribution in [0.3, 0.4) is 0 Å². The fourth-order valence-corrected chi connectivity index (χ4v) is 6.41. The van der Waals surface area contributed by atoms with Gasteiger partial charge in [0.05, 0.1) is 26.4 Å². The second kappa shape index (κ2) is 15.2. The van der Waals surface area contributed by atoms with Gasteiger partial charge < -0.3 is 43.3 Å². The summed E-state index contributed by atoms with van der Waals surface area (Å²) in [5.74, 6) is 1.52. The quantitative estimate of drug-likeness (QED) is 0.356. The molecule has 4 aliphatic rings. The Labute approximate surface area is 243 Å². The number of rotatable bonds is 13. The minimum absolute atomic E-state index is 0.00347. The van der Waals surface area contributed by atoms with Crippen LogP contribution in [-0.4, -0.2) is 106 Å². The van der Waals surface area contributed by atoms with Gasteiger partial charge in [-0.3, -0.25) is 4.79 Å². The van der Waals surface area contributed by atoms with Crippen molar-refractivity contribution in [2.45, 2.75) is 63.7 Å². The molecule has 3 unspecified atom stereocenters. The summed E-state index contributed by atoms with van der Waals surface area (Å²) in [7, 11) is 0. The van der Waals surface area contributed by atoms with Crippen molar-refractivity contribution in [2.24, 2.45) is 5.92 Å². The van der Waals surface area contributed by atoms with Crippen molar-refractivity contribution < 1.29 is 38.3 Å². The smallest absolute Gasteiger partial charge is 0.288 e. The largest absolute Gasteiger partial charge is 0.459 e. The number of nitrogens with zero attached hydrogens (tertiary/aromatic N) is 2. The molecule has 10 heteroatoms. The monoisotopic (exact) mass is 574 g/mol. The molecule has 0 spiro atoms. The average molecular weight is 575 g/mol. The van der Waals surface area contributed by atoms with Crippen molar-refractivity contribution in [2.75, 3.05) is 72.6 Å². The lowest BCUT2D eigenvalue weighted by Crippen LogP contribution is -2.49. The Balaban J connectivity index is 1.30. The first-order valence-corrected chi connectivity index (χ1v) is 15.4. The molecule has 4 aliphatic heterocycles. The number of carbonyl (C=O) groups is 1. The van der Waals surface area contributed by atoms with E-state index in [1.54, 1.807) is 0 Å². The van der Waals surface area contributed by atoms with E-state index in [0.717, 1.165) is 37.2 Å². The van der Waals surface area contributed by atoms with Gasteiger partial charge in [0.15, 0.2) is 17.3 Å². The summed E-state index contributed by atoms with van der Waals surface area (Å²) in [6.45, 7) is 8.11. The highest BCUT2D eigenvalue weighted by Crippen LogP contribution is 2.43. The molecule has 0 saturated carbocycles. The predicted molar refractivity (Wildman–Crippen MR) is 152 cm³/mol. The Hall–Kier alpha value is -2.37. The van der Waals surface area contributed by atoms with Gasteiger partial charge in [-0.1, -0.05) is 12.5 Å². The number of piperidine rings is 2. The SMILES string of the molecule is CCOC1OC(C(=O)N2CCC(N3CCCCC3)CC2)=CC(c2ccc3c(c2)OCO3)C1CCOCCOCCO. The molecule has 1 aromatic rings. The number of allylic oxidation sites excluding steroid dienone is 1. The summed E-state index contributed by atoms with van der Waals surface area (Å²) in [4.78, 5) is 18.4. The van der Waals surface area contributed by atoms with E-state index in [2.05, 4.69) is 4.90 Å². The van der Waals surface area contributed by atoms with Gasteiger partial charge in [0.2, 0.25) is 13.1 Å². The van der Waals surface area contributed by atoms with E-state index in [-0.39, 0.29) is 31.1 Å². The van der Waals surface area contributed by atoms with Gasteiger partial charge in [-0.05, 0) is 75.9 Å². The van der Waals surface area contributed by atoms with E-state index in [1.165, 1.54) is 32.4 Å². The van der Waals surface area contributed by atoms with Crippen LogP contribution in [0.2, 0.25) is 0 Å². The summed E-state index contributed by atoms with van der Waals surface area (Å²) in [6.07, 6.45) is 7.96. The number of fused-ring (bicyclic) bond motifs is 1. The van der Waals surface area contributed by atoms with Crippen LogP contribution in [0.1, 0.15) is 56.9 Å². The van der Waals surface area contributed by atoms with Crippen molar-refractivity contribution >= 4 is 5.91 Å². The number of benzene rings is 1. The molecule has 5 rings (SSSR count). The maximum absolute atomic E-state index is 13.8. The third-order valence-electron chi connectivity index (χ3n) is 8.57. The number of likely N-dealkylation sites (tertiary alicyclic amines) is 2. The van der Waals surface area contributed by atoms with Gasteiger partial charge in [-0.25, -0.2) is 0 Å². The molecule has 10 nitrogen and oxygen atoms in total. The van der Waals surface area contributed by atoms with Crippen molar-refractivity contribution in [3.05, 3.63) is 35.6 Å². The number of carbonyl (C=O) groups excluding carboxylic acids is 1. The number of ether oxygens (including phenoxy) is 6. The van der Waals surface area contributed by atoms with Gasteiger partial charge in [-0.2, -0.15) is 0 Å². The molecule has 2 fully saturated rings. The zero-order chi connectivity index (χ0) is 28.4. The molecule has 3 atom stereocenters. The molecule has 1 amide bonds. The summed E-state index contributed by atoms with van der Waals surface area (Å²) in [5, 5.41) is 8.88. The first kappa shape index (κ1) is 30.1. The second-order valence-electron chi connectivity index (χ2n) is 11.1. The lowest BCUT2D eigenvalue weighted by molar-refractivity contribution is -0.172. The lowest BCUT2D eigenvalue weighted by Gasteiger charge is -2.41. The van der Waals surface area contributed by atoms with Gasteiger partial charge >= 0.3 is 0 Å². The van der Waals surface area contributed by atoms with Crippen LogP contribution in [0.25, 0.3) is 0 Å². The zero-order valence-corrected chi connectivity index (χ0v) is 24.3. The Morgan fingerprint density at radius 3 is 2.49 bits per heavy atom. The van der Waals surface area contributed by atoms with Crippen LogP contribution in [0, 0.1) is 5.92 Å². The summed E-state index contributed by atoms with van der Waals surface area (Å²) >= 11 is 0. The first-order chi connectivity index (χ1) is 20.2. The zero-order valence-electron chi connectivity index (χ0n) is 24.3. The summed E-state index contributed by atoms with van der Waals surface area (Å²) in [5.41, 5.74) is 1.02. The lowest BCUT2D eigenvalue weighted by atomic mass is 9.81. The standard InChI is InChI=1S/C31H46N2O8/c1-2-38-31-25(10-16-36-18-19-37-17-15-34)26(23-6-7-27-28(20-23)40-22-39-27)21-29(41-31)30(35)33-13-8-24(9-14-33)32-11-4-3-5-12-32/h6-7,20-21,24-26,31,34H,2-5,8-19,22H2,1H3. The van der Waals surface area contributed by atoms with Gasteiger partial charge in [0.25, 0.3) is 5.91 Å². The van der Waals surface area contributed by atoms with E-state index < -0.39 is 6.29 Å². The van der Waals surface area contributed by atoms with Crippen molar-refractivity contribution in [1.29, 1.82) is 0 Å². The maximum Gasteiger partial charge on any atom is 0.288 e. The van der Waals surface area contributed by atoms with Crippen LogP contribution in [-0.2, 0) is 23.7 Å². The van der Waals surface area contributed by atoms with Crippen molar-refractivity contribution in [3.63, 3.8) is 0 Å². The molecular weight excluding hydrogens is 528 g/mol. The highest BCUT2D eigenvalue weighted by Gasteiger charge is 2.40. The Kier molecular flexibility index (Phi) is 11.2. The van der Waals surface area contributed by atoms with E-state index in [9.17, 15) is 4.79 Å². The Morgan fingerprint density at radius 1 is 0.976 bits per heavy atom. The molecule has 1 N–H and O–H groups in total. The molecular formula is C31H46N2O8. The number of amides is 1. The fourth-order valence-electron chi connectivity index (χ4n) is 6.41. The number of aliphatic hydroxyl groups is 1. The van der Waals surface area contributed by atoms with Crippen LogP contribution < -0.4 is 9.47 Å². The van der Waals surface area contributed by atoms with Gasteiger partial charge in [0.1, 0.15) is 0 Å². The second-order valence-corrected chi connectivity index (χ2v) is 11.1. The first-order valence-electron chi connectivity index (χ1n) is 15.4. The van der Waals surface area contributed by atoms with Crippen molar-refractivity contribution in [1.82, 2.24) is 9.80 Å². The molecule has 228 valence electrons. The highest BCUT2D eigenvalue weighted by atomic mass is 16.7. The van der Waals surface area contributed by atoms with E-state index in [0.29, 0.717) is 57.0 Å². The summed E-state index contributed by atoms with van der Waals surface area (Å²) in [6, 6.07) is 6.53. The molecule has 1 aromatic carbocycles. The highest BCUT2D eigenvalue weighted by molar-refractivity contribution is 5.92. The number of hydrogen-bond donors (Lipinski definition) is 1. The third-order valence-corrected chi connectivity index (χ3v) is 8.57. The molecule has 4 heterocycles. The molecule has 2 saturated heterocycles. The van der Waals surface area contributed by atoms with Gasteiger partial charge in [-0.15, -0.1) is 0 Å². The maximum atomic E-state index is 13.8. The Morgan fingerprint density at radius 2 is 1.73 bits per heavy atom. The minimum Gasteiger partial charge on any atom is -0.459 e.